The quantitative estimate of drug-likeness (QED) is 0.731. The van der Waals surface area contributed by atoms with Crippen molar-refractivity contribution in [3.63, 3.8) is 0 Å². The molecule has 0 radical (unpaired) electrons. The van der Waals surface area contributed by atoms with Gasteiger partial charge in [-0.25, -0.2) is 0 Å². The van der Waals surface area contributed by atoms with Crippen LogP contribution in [0, 0.1) is 0 Å². The van der Waals surface area contributed by atoms with Crippen molar-refractivity contribution in [3.05, 3.63) is 56.2 Å². The lowest BCUT2D eigenvalue weighted by molar-refractivity contribution is 0.294. The Hall–Kier alpha value is -0.680. The molecular formula is C17H23BrN2S. The van der Waals surface area contributed by atoms with Gasteiger partial charge in [-0.1, -0.05) is 38.1 Å². The van der Waals surface area contributed by atoms with Gasteiger partial charge in [0.2, 0.25) is 0 Å². The molecule has 1 heterocycles. The summed E-state index contributed by atoms with van der Waals surface area (Å²) in [5.41, 5.74) is 2.83. The average Bonchev–Trinajstić information content (AvgIpc) is 2.91. The average molecular weight is 367 g/mol. The molecule has 0 bridgehead atoms. The first-order valence-corrected chi connectivity index (χ1v) is 9.08. The zero-order valence-corrected chi connectivity index (χ0v) is 15.1. The summed E-state index contributed by atoms with van der Waals surface area (Å²) in [5.74, 6) is 0. The Labute approximate surface area is 140 Å². The van der Waals surface area contributed by atoms with Gasteiger partial charge in [0, 0.05) is 24.5 Å². The number of hydrogen-bond donors (Lipinski definition) is 1. The van der Waals surface area contributed by atoms with Crippen LogP contribution in [0.2, 0.25) is 0 Å². The Morgan fingerprint density at radius 1 is 1.00 bits per heavy atom. The molecule has 0 saturated heterocycles. The highest BCUT2D eigenvalue weighted by molar-refractivity contribution is 9.11. The molecule has 0 fully saturated rings. The number of halogens is 1. The van der Waals surface area contributed by atoms with E-state index in [0.29, 0.717) is 0 Å². The highest BCUT2D eigenvalue weighted by atomic mass is 79.9. The van der Waals surface area contributed by atoms with Crippen LogP contribution in [0.5, 0.6) is 0 Å². The zero-order valence-electron chi connectivity index (χ0n) is 12.7. The molecule has 114 valence electrons. The van der Waals surface area contributed by atoms with Crippen LogP contribution >= 0.6 is 27.3 Å². The number of nitrogens with one attached hydrogen (secondary N) is 1. The lowest BCUT2D eigenvalue weighted by atomic mass is 10.1. The van der Waals surface area contributed by atoms with Crippen LogP contribution in [0.15, 0.2) is 40.2 Å². The number of nitrogens with zero attached hydrogens (tertiary/aromatic N) is 1. The van der Waals surface area contributed by atoms with Gasteiger partial charge >= 0.3 is 0 Å². The fourth-order valence-electron chi connectivity index (χ4n) is 2.34. The maximum atomic E-state index is 3.55. The van der Waals surface area contributed by atoms with E-state index in [1.807, 2.05) is 0 Å². The summed E-state index contributed by atoms with van der Waals surface area (Å²) in [5, 5.41) is 3.55. The Balaban J connectivity index is 1.93. The highest BCUT2D eigenvalue weighted by Gasteiger charge is 2.06. The third-order valence-corrected chi connectivity index (χ3v) is 5.27. The normalized spacial score (nSPS) is 11.2. The lowest BCUT2D eigenvalue weighted by Crippen LogP contribution is -2.23. The van der Waals surface area contributed by atoms with Crippen LogP contribution in [-0.4, -0.2) is 18.0 Å². The molecule has 0 unspecified atom stereocenters. The predicted molar refractivity (Wildman–Crippen MR) is 95.6 cm³/mol. The molecule has 0 amide bonds. The topological polar surface area (TPSA) is 15.3 Å². The molecule has 0 atom stereocenters. The van der Waals surface area contributed by atoms with Crippen molar-refractivity contribution in [2.75, 3.05) is 13.1 Å². The number of benzene rings is 1. The molecule has 2 nitrogen and oxygen atoms in total. The minimum Gasteiger partial charge on any atom is -0.308 e. The fourth-order valence-corrected chi connectivity index (χ4v) is 3.79. The highest BCUT2D eigenvalue weighted by Crippen LogP contribution is 2.22. The van der Waals surface area contributed by atoms with Gasteiger partial charge in [-0.15, -0.1) is 11.3 Å². The Bertz CT molecular complexity index is 549. The van der Waals surface area contributed by atoms with Crippen molar-refractivity contribution in [2.24, 2.45) is 0 Å². The summed E-state index contributed by atoms with van der Waals surface area (Å²) < 4.78 is 1.20. The summed E-state index contributed by atoms with van der Waals surface area (Å²) in [4.78, 5) is 3.82. The van der Waals surface area contributed by atoms with E-state index in [-0.39, 0.29) is 0 Å². The van der Waals surface area contributed by atoms with Crippen molar-refractivity contribution < 1.29 is 0 Å². The zero-order chi connectivity index (χ0) is 15.1. The molecule has 1 N–H and O–H groups in total. The van der Waals surface area contributed by atoms with Crippen LogP contribution in [0.3, 0.4) is 0 Å². The van der Waals surface area contributed by atoms with E-state index < -0.39 is 0 Å². The Kier molecular flexibility index (Phi) is 6.90. The van der Waals surface area contributed by atoms with E-state index in [2.05, 4.69) is 76.4 Å². The number of rotatable bonds is 8. The van der Waals surface area contributed by atoms with Crippen molar-refractivity contribution in [2.45, 2.75) is 33.5 Å². The van der Waals surface area contributed by atoms with Crippen LogP contribution in [0.1, 0.15) is 29.9 Å². The molecule has 21 heavy (non-hydrogen) atoms. The van der Waals surface area contributed by atoms with E-state index in [9.17, 15) is 0 Å². The molecule has 0 spiro atoms. The van der Waals surface area contributed by atoms with Crippen molar-refractivity contribution in [1.29, 1.82) is 0 Å². The van der Waals surface area contributed by atoms with Crippen LogP contribution < -0.4 is 5.32 Å². The van der Waals surface area contributed by atoms with Gasteiger partial charge < -0.3 is 5.32 Å². The van der Waals surface area contributed by atoms with Gasteiger partial charge in [0.25, 0.3) is 0 Å². The van der Waals surface area contributed by atoms with E-state index in [0.717, 1.165) is 32.7 Å². The van der Waals surface area contributed by atoms with Gasteiger partial charge in [0.05, 0.1) is 3.79 Å². The van der Waals surface area contributed by atoms with Crippen molar-refractivity contribution in [1.82, 2.24) is 10.2 Å². The van der Waals surface area contributed by atoms with E-state index in [1.165, 1.54) is 19.8 Å². The molecule has 0 aliphatic heterocycles. The van der Waals surface area contributed by atoms with E-state index >= 15 is 0 Å². The van der Waals surface area contributed by atoms with E-state index in [1.54, 1.807) is 11.3 Å². The first-order chi connectivity index (χ1) is 10.2. The van der Waals surface area contributed by atoms with Gasteiger partial charge in [-0.05, 0) is 52.3 Å². The Morgan fingerprint density at radius 3 is 2.33 bits per heavy atom. The first-order valence-electron chi connectivity index (χ1n) is 7.47. The minimum absolute atomic E-state index is 0.924. The SMILES string of the molecule is CCN(CC)Cc1ccccc1CNCc1ccc(Br)s1. The largest absolute Gasteiger partial charge is 0.308 e. The van der Waals surface area contributed by atoms with Crippen LogP contribution in [0.4, 0.5) is 0 Å². The lowest BCUT2D eigenvalue weighted by Gasteiger charge is -2.20. The monoisotopic (exact) mass is 366 g/mol. The number of thiophene rings is 1. The third kappa shape index (κ3) is 5.22. The van der Waals surface area contributed by atoms with Gasteiger partial charge in [0.15, 0.2) is 0 Å². The first kappa shape index (κ1) is 16.7. The molecular weight excluding hydrogens is 344 g/mol. The van der Waals surface area contributed by atoms with Crippen LogP contribution in [0.25, 0.3) is 0 Å². The molecule has 1 aromatic heterocycles. The van der Waals surface area contributed by atoms with Gasteiger partial charge in [-0.3, -0.25) is 4.90 Å². The summed E-state index contributed by atoms with van der Waals surface area (Å²) in [6, 6.07) is 13.0. The summed E-state index contributed by atoms with van der Waals surface area (Å²) in [6.07, 6.45) is 0. The van der Waals surface area contributed by atoms with Crippen molar-refractivity contribution >= 4 is 27.3 Å². The Morgan fingerprint density at radius 2 is 1.71 bits per heavy atom. The van der Waals surface area contributed by atoms with Crippen molar-refractivity contribution in [3.8, 4) is 0 Å². The third-order valence-electron chi connectivity index (χ3n) is 3.65. The molecule has 0 aliphatic rings. The summed E-state index contributed by atoms with van der Waals surface area (Å²) in [6.45, 7) is 9.53. The second-order valence-corrected chi connectivity index (χ2v) is 7.59. The van der Waals surface area contributed by atoms with Gasteiger partial charge in [-0.2, -0.15) is 0 Å². The maximum absolute atomic E-state index is 3.55. The second kappa shape index (κ2) is 8.69. The molecule has 4 heteroatoms. The summed E-state index contributed by atoms with van der Waals surface area (Å²) >= 11 is 5.30. The predicted octanol–water partition coefficient (Wildman–Crippen LogP) is 4.64. The molecule has 0 saturated carbocycles. The molecule has 0 aliphatic carbocycles. The molecule has 2 aromatic rings. The van der Waals surface area contributed by atoms with Gasteiger partial charge in [0.1, 0.15) is 0 Å². The second-order valence-electron chi connectivity index (χ2n) is 5.04. The molecule has 1 aromatic carbocycles. The minimum atomic E-state index is 0.924. The summed E-state index contributed by atoms with van der Waals surface area (Å²) in [7, 11) is 0. The van der Waals surface area contributed by atoms with Crippen LogP contribution in [-0.2, 0) is 19.6 Å². The van der Waals surface area contributed by atoms with E-state index in [4.69, 9.17) is 0 Å². The number of hydrogen-bond acceptors (Lipinski definition) is 3. The molecule has 2 rings (SSSR count). The fraction of sp³-hybridized carbons (Fsp3) is 0.412. The maximum Gasteiger partial charge on any atom is 0.0701 e. The standard InChI is InChI=1S/C17H23BrN2S/c1-3-20(4-2)13-15-8-6-5-7-14(15)11-19-12-16-9-10-17(18)21-16/h5-10,19H,3-4,11-13H2,1-2H3. The smallest absolute Gasteiger partial charge is 0.0701 e.